The van der Waals surface area contributed by atoms with Crippen molar-refractivity contribution in [3.05, 3.63) is 54.1 Å². The zero-order valence-corrected chi connectivity index (χ0v) is 22.4. The van der Waals surface area contributed by atoms with Gasteiger partial charge in [0.1, 0.15) is 24.4 Å². The van der Waals surface area contributed by atoms with Crippen LogP contribution in [0.15, 0.2) is 42.9 Å². The largest absolute Gasteiger partial charge is 0.491 e. The van der Waals surface area contributed by atoms with Gasteiger partial charge in [-0.15, -0.1) is 0 Å². The molecule has 0 unspecified atom stereocenters. The van der Waals surface area contributed by atoms with Gasteiger partial charge in [-0.2, -0.15) is 0 Å². The molecule has 1 aromatic carbocycles. The molecule has 1 fully saturated rings. The van der Waals surface area contributed by atoms with E-state index in [1.54, 1.807) is 42.9 Å². The predicted molar refractivity (Wildman–Crippen MR) is 143 cm³/mol. The Hall–Kier alpha value is -4.02. The number of carbonyl (C=O) groups excluding carboxylic acids is 4. The lowest BCUT2D eigenvalue weighted by atomic mass is 10.0. The van der Waals surface area contributed by atoms with Gasteiger partial charge in [0.15, 0.2) is 0 Å². The van der Waals surface area contributed by atoms with E-state index in [-0.39, 0.29) is 43.0 Å². The van der Waals surface area contributed by atoms with E-state index in [1.807, 2.05) is 0 Å². The third kappa shape index (κ3) is 7.52. The molecule has 2 aliphatic rings. The van der Waals surface area contributed by atoms with Crippen molar-refractivity contribution in [3.8, 4) is 5.75 Å². The number of ether oxygens (including phenoxy) is 1. The van der Waals surface area contributed by atoms with Crippen LogP contribution in [0.3, 0.4) is 0 Å². The van der Waals surface area contributed by atoms with Crippen LogP contribution in [0.2, 0.25) is 0 Å². The first-order valence-electron chi connectivity index (χ1n) is 13.5. The van der Waals surface area contributed by atoms with Gasteiger partial charge in [0.2, 0.25) is 17.7 Å². The molecule has 208 valence electrons. The number of hydrogen-bond acceptors (Lipinski definition) is 7. The summed E-state index contributed by atoms with van der Waals surface area (Å²) >= 11 is 0. The van der Waals surface area contributed by atoms with Crippen molar-refractivity contribution in [2.24, 2.45) is 5.92 Å². The number of hydrogen-bond donors (Lipinski definition) is 3. The van der Waals surface area contributed by atoms with Crippen molar-refractivity contribution in [2.75, 3.05) is 19.7 Å². The molecule has 4 rings (SSSR count). The summed E-state index contributed by atoms with van der Waals surface area (Å²) in [7, 11) is 0. The highest BCUT2D eigenvalue weighted by Gasteiger charge is 2.37. The summed E-state index contributed by atoms with van der Waals surface area (Å²) < 4.78 is 6.04. The number of benzene rings is 1. The van der Waals surface area contributed by atoms with Gasteiger partial charge in [0, 0.05) is 38.1 Å². The molecule has 1 saturated heterocycles. The Morgan fingerprint density at radius 1 is 1.18 bits per heavy atom. The molecule has 2 aromatic rings. The minimum atomic E-state index is -1.14. The van der Waals surface area contributed by atoms with E-state index in [2.05, 4.69) is 39.8 Å². The monoisotopic (exact) mass is 536 g/mol. The van der Waals surface area contributed by atoms with Crippen LogP contribution in [0, 0.1) is 5.92 Å². The predicted octanol–water partition coefficient (Wildman–Crippen LogP) is 1.24. The zero-order valence-electron chi connectivity index (χ0n) is 22.4. The number of fused-ring (bicyclic) bond motifs is 2. The molecule has 0 radical (unpaired) electrons. The highest BCUT2D eigenvalue weighted by atomic mass is 16.5. The van der Waals surface area contributed by atoms with Gasteiger partial charge < -0.3 is 25.6 Å². The Labute approximate surface area is 228 Å². The topological polar surface area (TPSA) is 143 Å². The quantitative estimate of drug-likeness (QED) is 0.504. The van der Waals surface area contributed by atoms with Gasteiger partial charge in [0.05, 0.1) is 23.7 Å². The van der Waals surface area contributed by atoms with E-state index in [0.717, 1.165) is 0 Å². The highest BCUT2D eigenvalue weighted by molar-refractivity contribution is 6.01. The maximum Gasteiger partial charge on any atom is 0.255 e. The second-order valence-corrected chi connectivity index (χ2v) is 10.4. The fourth-order valence-electron chi connectivity index (χ4n) is 4.98. The molecular formula is C28H36N6O5. The molecule has 3 heterocycles. The number of rotatable bonds is 6. The van der Waals surface area contributed by atoms with Crippen LogP contribution in [0.5, 0.6) is 5.75 Å². The molecule has 1 aromatic heterocycles. The summed E-state index contributed by atoms with van der Waals surface area (Å²) in [4.78, 5) is 62.9. The molecule has 0 bridgehead atoms. The number of nitrogens with zero attached hydrogens (tertiary/aromatic N) is 3. The fourth-order valence-corrected chi connectivity index (χ4v) is 4.98. The molecule has 4 amide bonds. The second kappa shape index (κ2) is 13.2. The Kier molecular flexibility index (Phi) is 9.45. The molecule has 0 saturated carbocycles. The number of para-hydroxylation sites is 1. The molecular weight excluding hydrogens is 500 g/mol. The van der Waals surface area contributed by atoms with Crippen molar-refractivity contribution in [1.82, 2.24) is 30.8 Å². The Morgan fingerprint density at radius 2 is 2.00 bits per heavy atom. The first kappa shape index (κ1) is 28.0. The van der Waals surface area contributed by atoms with Crippen molar-refractivity contribution in [3.63, 3.8) is 0 Å². The fraction of sp³-hybridized carbons (Fsp3) is 0.500. The van der Waals surface area contributed by atoms with Gasteiger partial charge >= 0.3 is 0 Å². The number of amides is 4. The van der Waals surface area contributed by atoms with E-state index in [9.17, 15) is 19.2 Å². The lowest BCUT2D eigenvalue weighted by molar-refractivity contribution is -0.140. The molecule has 39 heavy (non-hydrogen) atoms. The van der Waals surface area contributed by atoms with Crippen LogP contribution in [0.1, 0.15) is 55.6 Å². The van der Waals surface area contributed by atoms with E-state index in [1.165, 1.54) is 4.90 Å². The standard InChI is InChI=1S/C28H36N6O5/c1-18(2)14-20-17-39-24-8-4-3-6-21(24)26(36)33-22(27(37)31-10-9-19-16-29-11-12-30-19)15-25(35)34-13-5-7-23(34)28(38)32-20/h3-4,6,8,11-12,16,18,20,22-23H,5,7,9-10,13-15,17H2,1-2H3,(H,31,37)(H,32,38)(H,33,36)/t20-,22-,23+/m0/s1. The second-order valence-electron chi connectivity index (χ2n) is 10.4. The highest BCUT2D eigenvalue weighted by Crippen LogP contribution is 2.22. The smallest absolute Gasteiger partial charge is 0.255 e. The van der Waals surface area contributed by atoms with Gasteiger partial charge in [-0.25, -0.2) is 0 Å². The van der Waals surface area contributed by atoms with Gasteiger partial charge in [-0.05, 0) is 37.3 Å². The first-order chi connectivity index (χ1) is 18.8. The van der Waals surface area contributed by atoms with Gasteiger partial charge in [-0.1, -0.05) is 26.0 Å². The van der Waals surface area contributed by atoms with Crippen LogP contribution in [-0.4, -0.2) is 76.3 Å². The summed E-state index contributed by atoms with van der Waals surface area (Å²) in [6.45, 7) is 4.95. The van der Waals surface area contributed by atoms with Crippen molar-refractivity contribution >= 4 is 23.6 Å². The Morgan fingerprint density at radius 3 is 2.77 bits per heavy atom. The van der Waals surface area contributed by atoms with E-state index >= 15 is 0 Å². The minimum Gasteiger partial charge on any atom is -0.491 e. The molecule has 11 heteroatoms. The van der Waals surface area contributed by atoms with Crippen molar-refractivity contribution < 1.29 is 23.9 Å². The van der Waals surface area contributed by atoms with Gasteiger partial charge in [-0.3, -0.25) is 29.1 Å². The normalized spacial score (nSPS) is 22.2. The summed E-state index contributed by atoms with van der Waals surface area (Å²) in [5.74, 6) is -0.967. The third-order valence-electron chi connectivity index (χ3n) is 6.85. The van der Waals surface area contributed by atoms with Crippen LogP contribution < -0.4 is 20.7 Å². The van der Waals surface area contributed by atoms with Crippen molar-refractivity contribution in [2.45, 2.75) is 64.1 Å². The summed E-state index contributed by atoms with van der Waals surface area (Å²) in [5.41, 5.74) is 0.949. The molecule has 2 aliphatic heterocycles. The van der Waals surface area contributed by atoms with E-state index in [0.29, 0.717) is 49.6 Å². The SMILES string of the molecule is CC(C)C[C@H]1COc2ccccc2C(=O)N[C@H](C(=O)NCCc2cnccn2)CC(=O)N2CCC[C@@H]2C(=O)N1. The summed E-state index contributed by atoms with van der Waals surface area (Å²) in [6, 6.07) is 4.68. The molecule has 3 atom stereocenters. The average molecular weight is 537 g/mol. The van der Waals surface area contributed by atoms with Crippen LogP contribution >= 0.6 is 0 Å². The maximum atomic E-state index is 13.4. The van der Waals surface area contributed by atoms with E-state index < -0.39 is 23.9 Å². The Bertz CT molecular complexity index is 1170. The Balaban J connectivity index is 1.57. The first-order valence-corrected chi connectivity index (χ1v) is 13.5. The minimum absolute atomic E-state index is 0.168. The molecule has 0 aliphatic carbocycles. The van der Waals surface area contributed by atoms with Crippen LogP contribution in [-0.2, 0) is 20.8 Å². The zero-order chi connectivity index (χ0) is 27.8. The molecule has 11 nitrogen and oxygen atoms in total. The lowest BCUT2D eigenvalue weighted by Crippen LogP contribution is -2.53. The molecule has 3 N–H and O–H groups in total. The lowest BCUT2D eigenvalue weighted by Gasteiger charge is -2.29. The van der Waals surface area contributed by atoms with Crippen molar-refractivity contribution in [1.29, 1.82) is 0 Å². The molecule has 0 spiro atoms. The number of aromatic nitrogens is 2. The summed E-state index contributed by atoms with van der Waals surface area (Å²) in [6.07, 6.45) is 6.81. The number of nitrogens with one attached hydrogen (secondary N) is 3. The van der Waals surface area contributed by atoms with E-state index in [4.69, 9.17) is 4.74 Å². The number of carbonyl (C=O) groups is 4. The summed E-state index contributed by atoms with van der Waals surface area (Å²) in [5, 5.41) is 8.59. The maximum absolute atomic E-state index is 13.4. The average Bonchev–Trinajstić information content (AvgIpc) is 3.42. The van der Waals surface area contributed by atoms with Gasteiger partial charge in [0.25, 0.3) is 5.91 Å². The van der Waals surface area contributed by atoms with Crippen LogP contribution in [0.25, 0.3) is 0 Å². The van der Waals surface area contributed by atoms with Crippen LogP contribution in [0.4, 0.5) is 0 Å². The third-order valence-corrected chi connectivity index (χ3v) is 6.85.